The van der Waals surface area contributed by atoms with Crippen molar-refractivity contribution in [1.29, 1.82) is 0 Å². The summed E-state index contributed by atoms with van der Waals surface area (Å²) in [6.45, 7) is 1.72. The third kappa shape index (κ3) is 5.73. The van der Waals surface area contributed by atoms with E-state index < -0.39 is 51.5 Å². The number of nitrogens with zero attached hydrogens (tertiary/aromatic N) is 2. The van der Waals surface area contributed by atoms with Crippen LogP contribution in [0, 0.1) is 10.1 Å². The molecule has 1 saturated heterocycles. The summed E-state index contributed by atoms with van der Waals surface area (Å²) in [7, 11) is 0. The van der Waals surface area contributed by atoms with Gasteiger partial charge in [-0.3, -0.25) is 25.0 Å². The number of anilines is 1. The van der Waals surface area contributed by atoms with Crippen molar-refractivity contribution >= 4 is 46.9 Å². The maximum atomic E-state index is 13.1. The van der Waals surface area contributed by atoms with Crippen LogP contribution in [0.25, 0.3) is 6.08 Å². The highest BCUT2D eigenvalue weighted by Gasteiger charge is 2.38. The number of imide groups is 2. The number of hydrogen-bond donors (Lipinski definition) is 1. The molecule has 0 aliphatic carbocycles. The van der Waals surface area contributed by atoms with E-state index in [-0.39, 0.29) is 34.4 Å². The minimum absolute atomic E-state index is 0.00810. The van der Waals surface area contributed by atoms with Gasteiger partial charge in [-0.05, 0) is 55.0 Å². The van der Waals surface area contributed by atoms with Crippen molar-refractivity contribution in [3.05, 3.63) is 92.5 Å². The van der Waals surface area contributed by atoms with E-state index in [2.05, 4.69) is 5.32 Å². The van der Waals surface area contributed by atoms with Crippen molar-refractivity contribution in [1.82, 2.24) is 5.32 Å². The number of carbonyl (C=O) groups excluding carboxylic acids is 3. The number of benzene rings is 3. The Morgan fingerprint density at radius 2 is 1.73 bits per heavy atom. The van der Waals surface area contributed by atoms with E-state index in [1.165, 1.54) is 36.4 Å². The molecule has 40 heavy (non-hydrogen) atoms. The van der Waals surface area contributed by atoms with Crippen LogP contribution in [0.2, 0.25) is 5.02 Å². The first-order valence-electron chi connectivity index (χ1n) is 11.4. The maximum absolute atomic E-state index is 13.1. The molecule has 0 bridgehead atoms. The Bertz CT molecular complexity index is 1570. The van der Waals surface area contributed by atoms with Gasteiger partial charge in [0, 0.05) is 6.07 Å². The van der Waals surface area contributed by atoms with Crippen molar-refractivity contribution in [2.24, 2.45) is 0 Å². The average Bonchev–Trinajstić information content (AvgIpc) is 2.88. The molecule has 4 rings (SSSR count). The number of alkyl halides is 3. The van der Waals surface area contributed by atoms with Crippen molar-refractivity contribution in [2.45, 2.75) is 13.1 Å². The lowest BCUT2D eigenvalue weighted by atomic mass is 10.1. The lowest BCUT2D eigenvalue weighted by molar-refractivity contribution is -0.385. The Labute approximate surface area is 228 Å². The molecule has 1 heterocycles. The Morgan fingerprint density at radius 1 is 1.02 bits per heavy atom. The van der Waals surface area contributed by atoms with Gasteiger partial charge in [0.1, 0.15) is 5.57 Å². The molecule has 0 radical (unpaired) electrons. The molecule has 206 valence electrons. The summed E-state index contributed by atoms with van der Waals surface area (Å²) >= 11 is 6.13. The van der Waals surface area contributed by atoms with E-state index in [0.717, 1.165) is 6.07 Å². The predicted octanol–water partition coefficient (Wildman–Crippen LogP) is 6.12. The molecular weight excluding hydrogens is 559 g/mol. The molecule has 1 aliphatic heterocycles. The van der Waals surface area contributed by atoms with Crippen LogP contribution in [0.5, 0.6) is 17.2 Å². The fourth-order valence-corrected chi connectivity index (χ4v) is 3.90. The third-order valence-electron chi connectivity index (χ3n) is 5.48. The van der Waals surface area contributed by atoms with Crippen molar-refractivity contribution in [3.8, 4) is 17.2 Å². The van der Waals surface area contributed by atoms with Gasteiger partial charge in [-0.1, -0.05) is 29.8 Å². The largest absolute Gasteiger partial charge is 0.490 e. The lowest BCUT2D eigenvalue weighted by Gasteiger charge is -2.27. The zero-order valence-corrected chi connectivity index (χ0v) is 21.1. The number of ether oxygens (including phenoxy) is 2. The molecule has 1 aliphatic rings. The number of rotatable bonds is 7. The number of hydrogen-bond acceptors (Lipinski definition) is 7. The number of para-hydroxylation sites is 1. The second-order valence-electron chi connectivity index (χ2n) is 8.09. The van der Waals surface area contributed by atoms with Crippen molar-refractivity contribution in [2.75, 3.05) is 11.5 Å². The topological polar surface area (TPSA) is 128 Å². The molecule has 3 aromatic carbocycles. The number of amides is 4. The number of nitrogens with one attached hydrogen (secondary N) is 1. The van der Waals surface area contributed by atoms with E-state index in [9.17, 15) is 37.7 Å². The molecule has 0 spiro atoms. The van der Waals surface area contributed by atoms with Crippen molar-refractivity contribution < 1.29 is 42.0 Å². The number of halogens is 4. The summed E-state index contributed by atoms with van der Waals surface area (Å²) in [6.07, 6.45) is -3.62. The first-order valence-corrected chi connectivity index (χ1v) is 11.7. The Kier molecular flexibility index (Phi) is 7.77. The SMILES string of the molecule is CCOc1cc(/C=C2\C(=O)NC(=O)N(c3ccccc3Cl)C2=O)ccc1Oc1ccc(C(F)(F)F)cc1[N+](=O)[O-]. The molecule has 1 fully saturated rings. The summed E-state index contributed by atoms with van der Waals surface area (Å²) in [5.74, 6) is -2.45. The number of carbonyl (C=O) groups is 3. The highest BCUT2D eigenvalue weighted by molar-refractivity contribution is 6.42. The second kappa shape index (κ2) is 11.1. The number of nitro groups is 1. The van der Waals surface area contributed by atoms with Crippen LogP contribution in [0.4, 0.5) is 29.3 Å². The lowest BCUT2D eigenvalue weighted by Crippen LogP contribution is -2.54. The Balaban J connectivity index is 1.70. The first-order chi connectivity index (χ1) is 18.9. The first kappa shape index (κ1) is 28.1. The summed E-state index contributed by atoms with van der Waals surface area (Å²) in [5, 5.41) is 13.6. The minimum atomic E-state index is -4.80. The van der Waals surface area contributed by atoms with Gasteiger partial charge in [0.25, 0.3) is 11.8 Å². The van der Waals surface area contributed by atoms with Gasteiger partial charge in [0.2, 0.25) is 5.75 Å². The van der Waals surface area contributed by atoms with Crippen molar-refractivity contribution in [3.63, 3.8) is 0 Å². The highest BCUT2D eigenvalue weighted by Crippen LogP contribution is 2.40. The fourth-order valence-electron chi connectivity index (χ4n) is 3.68. The van der Waals surface area contributed by atoms with Crippen LogP contribution in [0.15, 0.2) is 66.2 Å². The summed E-state index contributed by atoms with van der Waals surface area (Å²) < 4.78 is 50.2. The standard InChI is InChI=1S/C26H17ClF3N3O7/c1-2-39-22-12-14(7-9-21(22)40-20-10-8-15(26(28,29)30)13-19(20)33(37)38)11-16-23(34)31-25(36)32(24(16)35)18-6-4-3-5-17(18)27/h3-13H,2H2,1H3,(H,31,34,36)/b16-11+. The number of urea groups is 1. The number of barbiturate groups is 1. The molecule has 0 atom stereocenters. The predicted molar refractivity (Wildman–Crippen MR) is 136 cm³/mol. The molecule has 14 heteroatoms. The summed E-state index contributed by atoms with van der Waals surface area (Å²) in [5.41, 5.74) is -2.25. The average molecular weight is 576 g/mol. The van der Waals surface area contributed by atoms with Crippen LogP contribution >= 0.6 is 11.6 Å². The van der Waals surface area contributed by atoms with E-state index in [1.54, 1.807) is 19.1 Å². The molecule has 0 unspecified atom stereocenters. The zero-order valence-electron chi connectivity index (χ0n) is 20.3. The smallest absolute Gasteiger partial charge is 0.416 e. The van der Waals surface area contributed by atoms with Crippen LogP contribution in [-0.4, -0.2) is 29.4 Å². The normalized spacial score (nSPS) is 14.8. The highest BCUT2D eigenvalue weighted by atomic mass is 35.5. The number of nitro benzene ring substituents is 1. The molecule has 1 N–H and O–H groups in total. The molecular formula is C26H17ClF3N3O7. The van der Waals surface area contributed by atoms with E-state index in [0.29, 0.717) is 17.0 Å². The van der Waals surface area contributed by atoms with E-state index in [4.69, 9.17) is 21.1 Å². The zero-order chi connectivity index (χ0) is 29.2. The van der Waals surface area contributed by atoms with Crippen LogP contribution in [0.1, 0.15) is 18.1 Å². The molecule has 10 nitrogen and oxygen atoms in total. The quantitative estimate of drug-likeness (QED) is 0.155. The minimum Gasteiger partial charge on any atom is -0.490 e. The molecule has 3 aromatic rings. The van der Waals surface area contributed by atoms with Gasteiger partial charge < -0.3 is 9.47 Å². The third-order valence-corrected chi connectivity index (χ3v) is 5.80. The van der Waals surface area contributed by atoms with Gasteiger partial charge in [0.05, 0.1) is 27.8 Å². The fraction of sp³-hybridized carbons (Fsp3) is 0.115. The van der Waals surface area contributed by atoms with Crippen LogP contribution in [0.3, 0.4) is 0 Å². The summed E-state index contributed by atoms with van der Waals surface area (Å²) in [6, 6.07) is 10.9. The second-order valence-corrected chi connectivity index (χ2v) is 8.50. The van der Waals surface area contributed by atoms with Gasteiger partial charge in [-0.15, -0.1) is 0 Å². The molecule has 0 aromatic heterocycles. The van der Waals surface area contributed by atoms with Gasteiger partial charge >= 0.3 is 17.9 Å². The van der Waals surface area contributed by atoms with E-state index in [1.807, 2.05) is 0 Å². The Hall–Kier alpha value is -4.91. The van der Waals surface area contributed by atoms with Crippen LogP contribution in [-0.2, 0) is 15.8 Å². The van der Waals surface area contributed by atoms with Gasteiger partial charge in [-0.2, -0.15) is 13.2 Å². The van der Waals surface area contributed by atoms with E-state index >= 15 is 0 Å². The van der Waals surface area contributed by atoms with Crippen LogP contribution < -0.4 is 19.7 Å². The monoisotopic (exact) mass is 575 g/mol. The summed E-state index contributed by atoms with van der Waals surface area (Å²) in [4.78, 5) is 49.2. The molecule has 0 saturated carbocycles. The maximum Gasteiger partial charge on any atom is 0.416 e. The van der Waals surface area contributed by atoms with Gasteiger partial charge in [-0.25, -0.2) is 9.69 Å². The molecule has 4 amide bonds. The Morgan fingerprint density at radius 3 is 2.38 bits per heavy atom. The van der Waals surface area contributed by atoms with Gasteiger partial charge in [0.15, 0.2) is 11.5 Å².